The topological polar surface area (TPSA) is 28.7 Å². The number of hydrogen-bond donors (Lipinski definition) is 1. The molecule has 1 heterocycles. The van der Waals surface area contributed by atoms with Crippen molar-refractivity contribution < 1.29 is 0 Å². The van der Waals surface area contributed by atoms with Crippen molar-refractivity contribution >= 4 is 28.1 Å². The minimum absolute atomic E-state index is 0.0408. The molecular formula is C15H17BrN2S. The highest BCUT2D eigenvalue weighted by Crippen LogP contribution is 2.22. The van der Waals surface area contributed by atoms with Gasteiger partial charge in [0.15, 0.2) is 0 Å². The van der Waals surface area contributed by atoms with Crippen LogP contribution in [0.1, 0.15) is 37.9 Å². The summed E-state index contributed by atoms with van der Waals surface area (Å²) in [5.74, 6) is 0.907. The van der Waals surface area contributed by atoms with Gasteiger partial charge in [-0.3, -0.25) is 0 Å². The van der Waals surface area contributed by atoms with E-state index in [4.69, 9.17) is 12.2 Å². The summed E-state index contributed by atoms with van der Waals surface area (Å²) in [5, 5.41) is 0. The number of aromatic nitrogens is 2. The van der Waals surface area contributed by atoms with E-state index < -0.39 is 0 Å². The molecule has 0 fully saturated rings. The van der Waals surface area contributed by atoms with E-state index >= 15 is 0 Å². The molecule has 0 amide bonds. The Bertz CT molecular complexity index is 641. The molecule has 1 N–H and O–H groups in total. The van der Waals surface area contributed by atoms with Crippen LogP contribution in [0, 0.1) is 4.64 Å². The van der Waals surface area contributed by atoms with Gasteiger partial charge in [-0.15, -0.1) is 0 Å². The maximum atomic E-state index is 5.26. The SMILES string of the molecule is CC(C)(C)c1cc(=S)nc(Cc2ccccc2Br)[nH]1. The van der Waals surface area contributed by atoms with E-state index in [-0.39, 0.29) is 5.41 Å². The Kier molecular flexibility index (Phi) is 4.21. The standard InChI is InChI=1S/C15H17BrN2S/c1-15(2,3)12-9-14(19)18-13(17-12)8-10-6-4-5-7-11(10)16/h4-7,9H,8H2,1-3H3,(H,17,18,19). The summed E-state index contributed by atoms with van der Waals surface area (Å²) in [5.41, 5.74) is 2.36. The number of H-pyrrole nitrogens is 1. The second-order valence-corrected chi connectivity index (χ2v) is 6.87. The quantitative estimate of drug-likeness (QED) is 0.798. The van der Waals surface area contributed by atoms with Crippen molar-refractivity contribution in [2.75, 3.05) is 0 Å². The van der Waals surface area contributed by atoms with Crippen LogP contribution in [0.5, 0.6) is 0 Å². The zero-order valence-electron chi connectivity index (χ0n) is 11.3. The molecule has 0 aliphatic rings. The minimum Gasteiger partial charge on any atom is -0.346 e. The van der Waals surface area contributed by atoms with E-state index in [2.05, 4.69) is 52.7 Å². The van der Waals surface area contributed by atoms with Crippen molar-refractivity contribution in [3.8, 4) is 0 Å². The molecular weight excluding hydrogens is 320 g/mol. The van der Waals surface area contributed by atoms with Crippen LogP contribution in [0.25, 0.3) is 0 Å². The number of hydrogen-bond acceptors (Lipinski definition) is 2. The summed E-state index contributed by atoms with van der Waals surface area (Å²) >= 11 is 8.82. The average molecular weight is 337 g/mol. The molecule has 0 aliphatic carbocycles. The maximum Gasteiger partial charge on any atom is 0.130 e. The van der Waals surface area contributed by atoms with Gasteiger partial charge in [-0.2, -0.15) is 0 Å². The van der Waals surface area contributed by atoms with Crippen LogP contribution in [0.15, 0.2) is 34.8 Å². The molecule has 0 saturated heterocycles. The predicted molar refractivity (Wildman–Crippen MR) is 85.1 cm³/mol. The highest BCUT2D eigenvalue weighted by Gasteiger charge is 2.15. The molecule has 0 atom stereocenters. The first-order chi connectivity index (χ1) is 8.86. The van der Waals surface area contributed by atoms with Crippen LogP contribution in [-0.4, -0.2) is 9.97 Å². The van der Waals surface area contributed by atoms with Crippen LogP contribution in [0.2, 0.25) is 0 Å². The molecule has 2 nitrogen and oxygen atoms in total. The normalized spacial score (nSPS) is 11.6. The van der Waals surface area contributed by atoms with Gasteiger partial charge in [-0.1, -0.05) is 67.1 Å². The van der Waals surface area contributed by atoms with Gasteiger partial charge in [0, 0.05) is 22.0 Å². The molecule has 19 heavy (non-hydrogen) atoms. The monoisotopic (exact) mass is 336 g/mol. The number of rotatable bonds is 2. The number of benzene rings is 1. The second-order valence-electron chi connectivity index (χ2n) is 5.60. The van der Waals surface area contributed by atoms with Gasteiger partial charge in [-0.25, -0.2) is 4.98 Å². The Morgan fingerprint density at radius 3 is 2.58 bits per heavy atom. The van der Waals surface area contributed by atoms with Gasteiger partial charge in [0.1, 0.15) is 10.5 Å². The molecule has 100 valence electrons. The number of halogens is 1. The van der Waals surface area contributed by atoms with Crippen molar-refractivity contribution in [3.05, 3.63) is 56.5 Å². The lowest BCUT2D eigenvalue weighted by Crippen LogP contribution is -2.15. The summed E-state index contributed by atoms with van der Waals surface area (Å²) in [6.45, 7) is 6.49. The Morgan fingerprint density at radius 1 is 1.26 bits per heavy atom. The Balaban J connectivity index is 2.39. The molecule has 0 aliphatic heterocycles. The predicted octanol–water partition coefficient (Wildman–Crippen LogP) is 4.79. The third-order valence-electron chi connectivity index (χ3n) is 2.92. The fourth-order valence-electron chi connectivity index (χ4n) is 1.82. The van der Waals surface area contributed by atoms with Crippen LogP contribution in [0.4, 0.5) is 0 Å². The summed E-state index contributed by atoms with van der Waals surface area (Å²) in [4.78, 5) is 7.82. The maximum absolute atomic E-state index is 5.26. The van der Waals surface area contributed by atoms with Crippen LogP contribution in [0.3, 0.4) is 0 Å². The number of nitrogens with zero attached hydrogens (tertiary/aromatic N) is 1. The van der Waals surface area contributed by atoms with Crippen LogP contribution >= 0.6 is 28.1 Å². The van der Waals surface area contributed by atoms with Gasteiger partial charge in [0.25, 0.3) is 0 Å². The van der Waals surface area contributed by atoms with E-state index in [1.165, 1.54) is 5.56 Å². The van der Waals surface area contributed by atoms with Crippen molar-refractivity contribution in [3.63, 3.8) is 0 Å². The third kappa shape index (κ3) is 3.74. The Morgan fingerprint density at radius 2 is 1.95 bits per heavy atom. The van der Waals surface area contributed by atoms with Gasteiger partial charge < -0.3 is 4.98 Å². The minimum atomic E-state index is 0.0408. The molecule has 2 aromatic rings. The lowest BCUT2D eigenvalue weighted by atomic mass is 9.92. The zero-order chi connectivity index (χ0) is 14.0. The zero-order valence-corrected chi connectivity index (χ0v) is 13.7. The van der Waals surface area contributed by atoms with Crippen molar-refractivity contribution in [1.82, 2.24) is 9.97 Å². The van der Waals surface area contributed by atoms with E-state index in [1.54, 1.807) is 0 Å². The first-order valence-electron chi connectivity index (χ1n) is 6.20. The summed E-state index contributed by atoms with van der Waals surface area (Å²) < 4.78 is 1.74. The largest absolute Gasteiger partial charge is 0.346 e. The fraction of sp³-hybridized carbons (Fsp3) is 0.333. The molecule has 0 saturated carbocycles. The van der Waals surface area contributed by atoms with Gasteiger partial charge in [-0.05, 0) is 17.7 Å². The van der Waals surface area contributed by atoms with E-state index in [1.807, 2.05) is 24.3 Å². The first-order valence-corrected chi connectivity index (χ1v) is 7.40. The molecule has 0 unspecified atom stereocenters. The lowest BCUT2D eigenvalue weighted by Gasteiger charge is -2.19. The molecule has 0 radical (unpaired) electrons. The molecule has 0 spiro atoms. The van der Waals surface area contributed by atoms with Gasteiger partial charge in [0.2, 0.25) is 0 Å². The molecule has 1 aromatic carbocycles. The molecule has 1 aromatic heterocycles. The first kappa shape index (κ1) is 14.4. The van der Waals surface area contributed by atoms with Crippen LogP contribution in [-0.2, 0) is 11.8 Å². The average Bonchev–Trinajstić information content (AvgIpc) is 2.30. The van der Waals surface area contributed by atoms with Gasteiger partial charge in [0.05, 0.1) is 0 Å². The van der Waals surface area contributed by atoms with Crippen molar-refractivity contribution in [1.29, 1.82) is 0 Å². The third-order valence-corrected chi connectivity index (χ3v) is 3.90. The van der Waals surface area contributed by atoms with Crippen molar-refractivity contribution in [2.24, 2.45) is 0 Å². The number of aromatic amines is 1. The van der Waals surface area contributed by atoms with E-state index in [9.17, 15) is 0 Å². The Labute approximate surface area is 127 Å². The summed E-state index contributed by atoms with van der Waals surface area (Å²) in [6, 6.07) is 10.1. The molecule has 0 bridgehead atoms. The van der Waals surface area contributed by atoms with Crippen molar-refractivity contribution in [2.45, 2.75) is 32.6 Å². The lowest BCUT2D eigenvalue weighted by molar-refractivity contribution is 0.562. The summed E-state index contributed by atoms with van der Waals surface area (Å²) in [6.07, 6.45) is 0.745. The van der Waals surface area contributed by atoms with Crippen LogP contribution < -0.4 is 0 Å². The van der Waals surface area contributed by atoms with E-state index in [0.29, 0.717) is 4.64 Å². The molecule has 2 rings (SSSR count). The smallest absolute Gasteiger partial charge is 0.130 e. The Hall–Kier alpha value is -1.000. The second kappa shape index (κ2) is 5.55. The summed E-state index contributed by atoms with van der Waals surface area (Å²) in [7, 11) is 0. The number of nitrogens with one attached hydrogen (secondary N) is 1. The van der Waals surface area contributed by atoms with E-state index in [0.717, 1.165) is 22.4 Å². The fourth-order valence-corrected chi connectivity index (χ4v) is 2.47. The molecule has 4 heteroatoms. The highest BCUT2D eigenvalue weighted by molar-refractivity contribution is 9.10. The van der Waals surface area contributed by atoms with Gasteiger partial charge >= 0.3 is 0 Å². The highest BCUT2D eigenvalue weighted by atomic mass is 79.9.